The smallest absolute Gasteiger partial charge is 0.270 e. The fourth-order valence-electron chi connectivity index (χ4n) is 2.87. The van der Waals surface area contributed by atoms with Gasteiger partial charge in [0.1, 0.15) is 23.0 Å². The average Bonchev–Trinajstić information content (AvgIpc) is 3.12. The Labute approximate surface area is 141 Å². The van der Waals surface area contributed by atoms with Crippen LogP contribution in [0.4, 0.5) is 0 Å². The maximum Gasteiger partial charge on any atom is 0.270 e. The Morgan fingerprint density at radius 2 is 2.04 bits per heavy atom. The summed E-state index contributed by atoms with van der Waals surface area (Å²) in [7, 11) is 0. The van der Waals surface area contributed by atoms with E-state index in [1.807, 2.05) is 19.1 Å². The Morgan fingerprint density at radius 1 is 1.20 bits per heavy atom. The van der Waals surface area contributed by atoms with Gasteiger partial charge >= 0.3 is 0 Å². The van der Waals surface area contributed by atoms with Crippen molar-refractivity contribution in [3.8, 4) is 6.07 Å². The van der Waals surface area contributed by atoms with E-state index >= 15 is 0 Å². The molecule has 4 rings (SSSR count). The van der Waals surface area contributed by atoms with E-state index < -0.39 is 5.56 Å². The van der Waals surface area contributed by atoms with Gasteiger partial charge in [-0.3, -0.25) is 18.6 Å². The Morgan fingerprint density at radius 3 is 2.76 bits per heavy atom. The molecule has 122 valence electrons. The Bertz CT molecular complexity index is 1270. The summed E-state index contributed by atoms with van der Waals surface area (Å²) < 4.78 is 8.03. The van der Waals surface area contributed by atoms with E-state index in [0.717, 1.165) is 5.56 Å². The summed E-state index contributed by atoms with van der Waals surface area (Å²) in [5.74, 6) is 0.533. The van der Waals surface area contributed by atoms with E-state index in [0.29, 0.717) is 11.4 Å². The van der Waals surface area contributed by atoms with Gasteiger partial charge in [-0.25, -0.2) is 4.98 Å². The first-order chi connectivity index (χ1) is 12.1. The lowest BCUT2D eigenvalue weighted by atomic mass is 10.2. The minimum atomic E-state index is -0.503. The summed E-state index contributed by atoms with van der Waals surface area (Å²) in [6.07, 6.45) is 3.11. The highest BCUT2D eigenvalue weighted by molar-refractivity contribution is 5.78. The molecule has 0 atom stereocenters. The van der Waals surface area contributed by atoms with Crippen LogP contribution in [0.3, 0.4) is 0 Å². The molecule has 7 nitrogen and oxygen atoms in total. The molecule has 25 heavy (non-hydrogen) atoms. The molecule has 0 radical (unpaired) electrons. The average molecular weight is 332 g/mol. The van der Waals surface area contributed by atoms with E-state index in [1.165, 1.54) is 21.3 Å². The third-order valence-electron chi connectivity index (χ3n) is 4.10. The number of nitrogens with zero attached hydrogens (tertiary/aromatic N) is 4. The Hall–Kier alpha value is -3.66. The molecule has 7 heteroatoms. The summed E-state index contributed by atoms with van der Waals surface area (Å²) in [5.41, 5.74) is 0.579. The highest BCUT2D eigenvalue weighted by atomic mass is 16.3. The van der Waals surface area contributed by atoms with Gasteiger partial charge < -0.3 is 4.42 Å². The lowest BCUT2D eigenvalue weighted by molar-refractivity contribution is 0.493. The first kappa shape index (κ1) is 14.9. The summed E-state index contributed by atoms with van der Waals surface area (Å²) in [5, 5.41) is 9.47. The van der Waals surface area contributed by atoms with Crippen molar-refractivity contribution in [3.63, 3.8) is 0 Å². The molecule has 0 aromatic carbocycles. The fraction of sp³-hybridized carbons (Fsp3) is 0.111. The third-order valence-corrected chi connectivity index (χ3v) is 4.10. The first-order valence-electron chi connectivity index (χ1n) is 7.58. The second kappa shape index (κ2) is 5.46. The standard InChI is InChI=1S/C18H12N4O3/c1-11-4-2-6-21-15(11)20-16-14(18(21)24)8-12(9-19)17(23)22(16)10-13-5-3-7-25-13/h2-8H,10H2,1H3. The summed E-state index contributed by atoms with van der Waals surface area (Å²) >= 11 is 0. The van der Waals surface area contributed by atoms with Crippen LogP contribution in [0, 0.1) is 18.3 Å². The monoisotopic (exact) mass is 332 g/mol. The van der Waals surface area contributed by atoms with Crippen LogP contribution in [0.25, 0.3) is 16.7 Å². The quantitative estimate of drug-likeness (QED) is 0.522. The maximum absolute atomic E-state index is 12.8. The summed E-state index contributed by atoms with van der Waals surface area (Å²) in [6, 6.07) is 10.2. The predicted octanol–water partition coefficient (Wildman–Crippen LogP) is 1.83. The number of nitriles is 1. The molecule has 0 N–H and O–H groups in total. The molecule has 0 saturated heterocycles. The fourth-order valence-corrected chi connectivity index (χ4v) is 2.87. The van der Waals surface area contributed by atoms with Crippen molar-refractivity contribution in [2.75, 3.05) is 0 Å². The van der Waals surface area contributed by atoms with Crippen LogP contribution in [0.1, 0.15) is 16.9 Å². The molecule has 4 heterocycles. The summed E-state index contributed by atoms with van der Waals surface area (Å²) in [6.45, 7) is 1.93. The van der Waals surface area contributed by atoms with E-state index in [-0.39, 0.29) is 28.7 Å². The summed E-state index contributed by atoms with van der Waals surface area (Å²) in [4.78, 5) is 30.0. The first-order valence-corrected chi connectivity index (χ1v) is 7.58. The Balaban J connectivity index is 2.18. The van der Waals surface area contributed by atoms with Gasteiger partial charge in [0.25, 0.3) is 11.1 Å². The molecule has 0 bridgehead atoms. The van der Waals surface area contributed by atoms with Crippen LogP contribution in [-0.4, -0.2) is 14.0 Å². The molecule has 0 saturated carbocycles. The molecule has 4 aromatic heterocycles. The van der Waals surface area contributed by atoms with Crippen LogP contribution >= 0.6 is 0 Å². The van der Waals surface area contributed by atoms with Crippen molar-refractivity contribution >= 4 is 16.7 Å². The normalized spacial score (nSPS) is 11.0. The van der Waals surface area contributed by atoms with Crippen LogP contribution < -0.4 is 11.1 Å². The van der Waals surface area contributed by atoms with Gasteiger partial charge in [-0.05, 0) is 36.8 Å². The van der Waals surface area contributed by atoms with Crippen molar-refractivity contribution < 1.29 is 4.42 Å². The number of pyridine rings is 2. The molecule has 0 unspecified atom stereocenters. The van der Waals surface area contributed by atoms with Crippen LogP contribution in [-0.2, 0) is 6.54 Å². The van der Waals surface area contributed by atoms with E-state index in [9.17, 15) is 14.9 Å². The van der Waals surface area contributed by atoms with Crippen molar-refractivity contribution in [2.45, 2.75) is 13.5 Å². The number of fused-ring (bicyclic) bond motifs is 2. The third kappa shape index (κ3) is 2.23. The molecule has 0 aliphatic rings. The van der Waals surface area contributed by atoms with Crippen LogP contribution in [0.15, 0.2) is 56.8 Å². The topological polar surface area (TPSA) is 93.3 Å². The number of aromatic nitrogens is 3. The number of hydrogen-bond acceptors (Lipinski definition) is 5. The lowest BCUT2D eigenvalue weighted by Gasteiger charge is -2.11. The number of aryl methyl sites for hydroxylation is 1. The van der Waals surface area contributed by atoms with Gasteiger partial charge in [0.2, 0.25) is 0 Å². The molecular formula is C18H12N4O3. The highest BCUT2D eigenvalue weighted by Gasteiger charge is 2.16. The van der Waals surface area contributed by atoms with Crippen molar-refractivity contribution in [3.05, 3.63) is 80.4 Å². The number of furan rings is 1. The number of rotatable bonds is 2. The SMILES string of the molecule is Cc1cccn2c(=O)c3cc(C#N)c(=O)n(Cc4ccco4)c3nc12. The van der Waals surface area contributed by atoms with Crippen LogP contribution in [0.2, 0.25) is 0 Å². The molecule has 0 spiro atoms. The van der Waals surface area contributed by atoms with Crippen molar-refractivity contribution in [1.82, 2.24) is 14.0 Å². The van der Waals surface area contributed by atoms with Crippen LogP contribution in [0.5, 0.6) is 0 Å². The maximum atomic E-state index is 12.8. The minimum absolute atomic E-state index is 0.0896. The van der Waals surface area contributed by atoms with Gasteiger partial charge in [0, 0.05) is 6.20 Å². The molecule has 0 aliphatic heterocycles. The van der Waals surface area contributed by atoms with Gasteiger partial charge in [-0.2, -0.15) is 5.26 Å². The zero-order valence-electron chi connectivity index (χ0n) is 13.3. The number of hydrogen-bond donors (Lipinski definition) is 0. The second-order valence-corrected chi connectivity index (χ2v) is 5.68. The minimum Gasteiger partial charge on any atom is -0.467 e. The zero-order valence-corrected chi connectivity index (χ0v) is 13.3. The molecule has 0 fully saturated rings. The molecular weight excluding hydrogens is 320 g/mol. The van der Waals surface area contributed by atoms with Gasteiger partial charge in [0.15, 0.2) is 5.65 Å². The second-order valence-electron chi connectivity index (χ2n) is 5.68. The van der Waals surface area contributed by atoms with E-state index in [4.69, 9.17) is 4.42 Å². The van der Waals surface area contributed by atoms with Gasteiger partial charge in [-0.15, -0.1) is 0 Å². The molecule has 0 amide bonds. The predicted molar refractivity (Wildman–Crippen MR) is 90.5 cm³/mol. The zero-order chi connectivity index (χ0) is 17.6. The van der Waals surface area contributed by atoms with Crippen molar-refractivity contribution in [1.29, 1.82) is 5.26 Å². The highest BCUT2D eigenvalue weighted by Crippen LogP contribution is 2.14. The molecule has 4 aromatic rings. The van der Waals surface area contributed by atoms with Gasteiger partial charge in [0.05, 0.1) is 18.2 Å². The van der Waals surface area contributed by atoms with Gasteiger partial charge in [-0.1, -0.05) is 6.07 Å². The van der Waals surface area contributed by atoms with E-state index in [1.54, 1.807) is 24.4 Å². The Kier molecular flexibility index (Phi) is 3.25. The lowest BCUT2D eigenvalue weighted by Crippen LogP contribution is -2.27. The van der Waals surface area contributed by atoms with E-state index in [2.05, 4.69) is 4.98 Å². The molecule has 0 aliphatic carbocycles. The van der Waals surface area contributed by atoms with Crippen molar-refractivity contribution in [2.24, 2.45) is 0 Å². The largest absolute Gasteiger partial charge is 0.467 e.